The molecule has 0 saturated carbocycles. The second-order valence-corrected chi connectivity index (χ2v) is 7.22. The minimum atomic E-state index is -0.319. The Hall–Kier alpha value is -1.28. The van der Waals surface area contributed by atoms with Gasteiger partial charge in [0.25, 0.3) is 0 Å². The van der Waals surface area contributed by atoms with E-state index in [4.69, 9.17) is 5.73 Å². The third-order valence-electron chi connectivity index (χ3n) is 4.00. The van der Waals surface area contributed by atoms with Crippen LogP contribution in [0, 0.1) is 6.92 Å². The van der Waals surface area contributed by atoms with Crippen molar-refractivity contribution >= 4 is 10.9 Å². The minimum Gasteiger partial charge on any atom is -0.348 e. The fourth-order valence-corrected chi connectivity index (χ4v) is 2.85. The van der Waals surface area contributed by atoms with Gasteiger partial charge in [-0.05, 0) is 49.4 Å². The van der Waals surface area contributed by atoms with Crippen molar-refractivity contribution in [3.05, 3.63) is 35.0 Å². The van der Waals surface area contributed by atoms with Gasteiger partial charge in [-0.25, -0.2) is 0 Å². The Morgan fingerprint density at radius 2 is 1.63 bits per heavy atom. The molecule has 1 aromatic heterocycles. The number of benzene rings is 1. The Labute approximate surface area is 116 Å². The van der Waals surface area contributed by atoms with Gasteiger partial charge in [0.15, 0.2) is 0 Å². The molecule has 0 radical (unpaired) electrons. The van der Waals surface area contributed by atoms with E-state index in [9.17, 15) is 0 Å². The molecule has 1 aromatic carbocycles. The molecular weight excluding hydrogens is 232 g/mol. The highest BCUT2D eigenvalue weighted by Gasteiger charge is 2.25. The zero-order valence-electron chi connectivity index (χ0n) is 13.3. The van der Waals surface area contributed by atoms with E-state index in [1.807, 2.05) is 0 Å². The van der Waals surface area contributed by atoms with Crippen LogP contribution in [-0.4, -0.2) is 4.57 Å². The molecule has 19 heavy (non-hydrogen) atoms. The summed E-state index contributed by atoms with van der Waals surface area (Å²) < 4.78 is 2.24. The van der Waals surface area contributed by atoms with Gasteiger partial charge in [0.05, 0.1) is 0 Å². The molecule has 2 N–H and O–H groups in total. The van der Waals surface area contributed by atoms with Crippen LogP contribution in [0.25, 0.3) is 10.9 Å². The number of aromatic nitrogens is 1. The van der Waals surface area contributed by atoms with E-state index < -0.39 is 0 Å². The molecule has 2 aromatic rings. The maximum absolute atomic E-state index is 6.38. The Balaban J connectivity index is 2.85. The molecule has 0 aliphatic rings. The van der Waals surface area contributed by atoms with Crippen LogP contribution in [0.3, 0.4) is 0 Å². The van der Waals surface area contributed by atoms with Crippen molar-refractivity contribution < 1.29 is 0 Å². The molecule has 1 heterocycles. The molecular formula is C17H26N2. The summed E-state index contributed by atoms with van der Waals surface area (Å²) in [5.74, 6) is 0. The van der Waals surface area contributed by atoms with Gasteiger partial charge in [-0.3, -0.25) is 0 Å². The van der Waals surface area contributed by atoms with Gasteiger partial charge in [-0.15, -0.1) is 0 Å². The Kier molecular flexibility index (Phi) is 3.06. The highest BCUT2D eigenvalue weighted by atomic mass is 15.0. The van der Waals surface area contributed by atoms with E-state index in [0.717, 1.165) is 0 Å². The van der Waals surface area contributed by atoms with Crippen molar-refractivity contribution in [3.63, 3.8) is 0 Å². The Morgan fingerprint density at radius 3 is 2.11 bits per heavy atom. The average molecular weight is 258 g/mol. The van der Waals surface area contributed by atoms with Crippen LogP contribution in [0.4, 0.5) is 0 Å². The van der Waals surface area contributed by atoms with Gasteiger partial charge in [-0.2, -0.15) is 0 Å². The highest BCUT2D eigenvalue weighted by molar-refractivity contribution is 5.87. The molecule has 0 atom stereocenters. The van der Waals surface area contributed by atoms with Gasteiger partial charge in [0.1, 0.15) is 0 Å². The molecule has 0 bridgehead atoms. The molecule has 104 valence electrons. The first-order valence-electron chi connectivity index (χ1n) is 6.92. The maximum atomic E-state index is 6.38. The monoisotopic (exact) mass is 258 g/mol. The summed E-state index contributed by atoms with van der Waals surface area (Å²) in [5, 5.41) is 1.29. The van der Waals surface area contributed by atoms with Crippen LogP contribution < -0.4 is 5.73 Å². The number of hydrogen-bond acceptors (Lipinski definition) is 1. The zero-order chi connectivity index (χ0) is 14.6. The van der Waals surface area contributed by atoms with Crippen LogP contribution in [0.1, 0.15) is 51.4 Å². The highest BCUT2D eigenvalue weighted by Crippen LogP contribution is 2.35. The first kappa shape index (κ1) is 14.1. The second-order valence-electron chi connectivity index (χ2n) is 7.22. The van der Waals surface area contributed by atoms with Crippen LogP contribution >= 0.6 is 0 Å². The fourth-order valence-electron chi connectivity index (χ4n) is 2.85. The summed E-state index contributed by atoms with van der Waals surface area (Å²) in [6.45, 7) is 13.1. The Morgan fingerprint density at radius 1 is 1.05 bits per heavy atom. The molecule has 0 fully saturated rings. The first-order valence-corrected chi connectivity index (χ1v) is 6.92. The van der Waals surface area contributed by atoms with Gasteiger partial charge < -0.3 is 10.3 Å². The summed E-state index contributed by atoms with van der Waals surface area (Å²) in [6.07, 6.45) is 0. The number of nitrogens with two attached hydrogens (primary N) is 1. The van der Waals surface area contributed by atoms with E-state index in [-0.39, 0.29) is 11.0 Å². The van der Waals surface area contributed by atoms with Gasteiger partial charge in [0, 0.05) is 29.2 Å². The summed E-state index contributed by atoms with van der Waals surface area (Å²) >= 11 is 0. The number of nitrogens with zero attached hydrogens (tertiary/aromatic N) is 1. The molecule has 0 spiro atoms. The van der Waals surface area contributed by atoms with E-state index in [2.05, 4.69) is 71.4 Å². The van der Waals surface area contributed by atoms with Gasteiger partial charge in [0.2, 0.25) is 0 Å². The molecule has 0 unspecified atom stereocenters. The lowest BCUT2D eigenvalue weighted by atomic mass is 9.85. The van der Waals surface area contributed by atoms with Crippen molar-refractivity contribution in [1.29, 1.82) is 0 Å². The predicted molar refractivity (Wildman–Crippen MR) is 83.6 cm³/mol. The predicted octanol–water partition coefficient (Wildman–Crippen LogP) is 3.98. The smallest absolute Gasteiger partial charge is 0.0483 e. The second kappa shape index (κ2) is 4.11. The summed E-state index contributed by atoms with van der Waals surface area (Å²) in [5.41, 5.74) is 11.4. The van der Waals surface area contributed by atoms with Crippen molar-refractivity contribution in [2.24, 2.45) is 12.8 Å². The number of rotatable bonds is 1. The topological polar surface area (TPSA) is 30.9 Å². The average Bonchev–Trinajstić information content (AvgIpc) is 2.49. The third-order valence-corrected chi connectivity index (χ3v) is 4.00. The largest absolute Gasteiger partial charge is 0.348 e. The maximum Gasteiger partial charge on any atom is 0.0483 e. The lowest BCUT2D eigenvalue weighted by Crippen LogP contribution is -2.29. The van der Waals surface area contributed by atoms with E-state index >= 15 is 0 Å². The van der Waals surface area contributed by atoms with Crippen molar-refractivity contribution in [2.75, 3.05) is 0 Å². The number of fused-ring (bicyclic) bond motifs is 1. The molecule has 0 saturated heterocycles. The van der Waals surface area contributed by atoms with Crippen LogP contribution in [0.5, 0.6) is 0 Å². The quantitative estimate of drug-likeness (QED) is 0.824. The molecule has 0 amide bonds. The van der Waals surface area contributed by atoms with E-state index in [1.165, 1.54) is 27.7 Å². The van der Waals surface area contributed by atoms with E-state index in [1.54, 1.807) is 0 Å². The van der Waals surface area contributed by atoms with Crippen LogP contribution in [0.2, 0.25) is 0 Å². The van der Waals surface area contributed by atoms with Crippen LogP contribution in [-0.2, 0) is 18.0 Å². The Bertz CT molecular complexity index is 619. The van der Waals surface area contributed by atoms with Crippen molar-refractivity contribution in [3.8, 4) is 0 Å². The van der Waals surface area contributed by atoms with Crippen molar-refractivity contribution in [1.82, 2.24) is 4.57 Å². The summed E-state index contributed by atoms with van der Waals surface area (Å²) in [6, 6.07) is 6.76. The fraction of sp³-hybridized carbons (Fsp3) is 0.529. The lowest BCUT2D eigenvalue weighted by Gasteiger charge is -2.22. The van der Waals surface area contributed by atoms with Gasteiger partial charge in [-0.1, -0.05) is 26.8 Å². The standard InChI is InChI=1S/C17H26N2/c1-11-15(17(5,6)18)13-10-12(16(2,3)4)8-9-14(13)19(11)7/h8-10H,18H2,1-7H3. The number of aryl methyl sites for hydroxylation is 1. The molecule has 2 rings (SSSR count). The van der Waals surface area contributed by atoms with E-state index in [0.29, 0.717) is 0 Å². The molecule has 0 aliphatic carbocycles. The normalized spacial score (nSPS) is 13.3. The van der Waals surface area contributed by atoms with Crippen molar-refractivity contribution in [2.45, 2.75) is 52.5 Å². The zero-order valence-corrected chi connectivity index (χ0v) is 13.3. The van der Waals surface area contributed by atoms with Crippen LogP contribution in [0.15, 0.2) is 18.2 Å². The molecule has 2 heteroatoms. The SMILES string of the molecule is Cc1c(C(C)(C)N)c2cc(C(C)(C)C)ccc2n1C. The van der Waals surface area contributed by atoms with Gasteiger partial charge >= 0.3 is 0 Å². The summed E-state index contributed by atoms with van der Waals surface area (Å²) in [4.78, 5) is 0. The third kappa shape index (κ3) is 2.30. The lowest BCUT2D eigenvalue weighted by molar-refractivity contribution is 0.552. The molecule has 2 nitrogen and oxygen atoms in total. The number of hydrogen-bond donors (Lipinski definition) is 1. The molecule has 0 aliphatic heterocycles. The first-order chi connectivity index (χ1) is 8.53. The summed E-state index contributed by atoms with van der Waals surface area (Å²) in [7, 11) is 2.11. The minimum absolute atomic E-state index is 0.161.